The minimum Gasteiger partial charge on any atom is -0.356 e. The van der Waals surface area contributed by atoms with Crippen molar-refractivity contribution in [1.82, 2.24) is 0 Å². The Morgan fingerprint density at radius 3 is 2.35 bits per heavy atom. The van der Waals surface area contributed by atoms with Crippen LogP contribution in [0.1, 0.15) is 12.0 Å². The second-order valence-corrected chi connectivity index (χ2v) is 3.39. The zero-order chi connectivity index (χ0) is 12.7. The van der Waals surface area contributed by atoms with Gasteiger partial charge in [0.2, 0.25) is 0 Å². The molecule has 0 saturated carbocycles. The summed E-state index contributed by atoms with van der Waals surface area (Å²) in [6.45, 7) is 0. The summed E-state index contributed by atoms with van der Waals surface area (Å²) in [5.74, 6) is 0. The Labute approximate surface area is 99.8 Å². The van der Waals surface area contributed by atoms with Crippen molar-refractivity contribution in [2.75, 3.05) is 14.2 Å². The van der Waals surface area contributed by atoms with Crippen LogP contribution in [0.25, 0.3) is 6.08 Å². The lowest BCUT2D eigenvalue weighted by Crippen LogP contribution is -2.10. The zero-order valence-electron chi connectivity index (χ0n) is 9.83. The van der Waals surface area contributed by atoms with Crippen LogP contribution < -0.4 is 0 Å². The first kappa shape index (κ1) is 13.3. The topological polar surface area (TPSA) is 61.6 Å². The summed E-state index contributed by atoms with van der Waals surface area (Å²) < 4.78 is 10.1. The number of hydrogen-bond acceptors (Lipinski definition) is 4. The molecule has 1 aromatic rings. The van der Waals surface area contributed by atoms with Gasteiger partial charge < -0.3 is 9.47 Å². The van der Waals surface area contributed by atoms with E-state index in [2.05, 4.69) is 0 Å². The van der Waals surface area contributed by atoms with Gasteiger partial charge in [0.05, 0.1) is 4.92 Å². The molecule has 5 heteroatoms. The molecule has 0 N–H and O–H groups in total. The van der Waals surface area contributed by atoms with E-state index >= 15 is 0 Å². The van der Waals surface area contributed by atoms with E-state index in [9.17, 15) is 10.1 Å². The second kappa shape index (κ2) is 6.78. The fraction of sp³-hybridized carbons (Fsp3) is 0.333. The fourth-order valence-corrected chi connectivity index (χ4v) is 1.31. The molecule has 0 atom stereocenters. The van der Waals surface area contributed by atoms with E-state index in [1.807, 2.05) is 12.2 Å². The number of rotatable bonds is 6. The van der Waals surface area contributed by atoms with E-state index in [0.29, 0.717) is 6.42 Å². The summed E-state index contributed by atoms with van der Waals surface area (Å²) in [4.78, 5) is 10.0. The number of nitro benzene ring substituents is 1. The molecule has 0 aromatic heterocycles. The summed E-state index contributed by atoms with van der Waals surface area (Å²) >= 11 is 0. The van der Waals surface area contributed by atoms with Gasteiger partial charge in [-0.2, -0.15) is 0 Å². The van der Waals surface area contributed by atoms with Crippen LogP contribution in [0.2, 0.25) is 0 Å². The number of methoxy groups -OCH3 is 2. The molecule has 0 bridgehead atoms. The lowest BCUT2D eigenvalue weighted by Gasteiger charge is -2.09. The van der Waals surface area contributed by atoms with Crippen molar-refractivity contribution in [3.8, 4) is 0 Å². The lowest BCUT2D eigenvalue weighted by molar-refractivity contribution is -0.384. The molecular formula is C12H15NO4. The Hall–Kier alpha value is -1.72. The summed E-state index contributed by atoms with van der Waals surface area (Å²) in [5.41, 5.74) is 0.996. The predicted octanol–water partition coefficient (Wildman–Crippen LogP) is 2.62. The smallest absolute Gasteiger partial charge is 0.269 e. The maximum Gasteiger partial charge on any atom is 0.269 e. The van der Waals surface area contributed by atoms with Crippen LogP contribution in [-0.4, -0.2) is 25.4 Å². The maximum absolute atomic E-state index is 10.4. The van der Waals surface area contributed by atoms with E-state index in [-0.39, 0.29) is 12.0 Å². The molecular weight excluding hydrogens is 222 g/mol. The third-order valence-corrected chi connectivity index (χ3v) is 2.27. The number of benzene rings is 1. The van der Waals surface area contributed by atoms with Crippen LogP contribution in [0.5, 0.6) is 0 Å². The van der Waals surface area contributed by atoms with Gasteiger partial charge in [-0.3, -0.25) is 10.1 Å². The molecule has 0 saturated heterocycles. The highest BCUT2D eigenvalue weighted by Gasteiger charge is 2.03. The van der Waals surface area contributed by atoms with Crippen LogP contribution in [0.4, 0.5) is 5.69 Å². The summed E-state index contributed by atoms with van der Waals surface area (Å²) in [7, 11) is 3.15. The van der Waals surface area contributed by atoms with Crippen LogP contribution in [0.15, 0.2) is 30.3 Å². The standard InChI is InChI=1S/C12H15NO4/c1-16-12(17-2)5-3-4-10-6-8-11(9-7-10)13(14)15/h3-4,6-9,12H,5H2,1-2H3/b4-3+. The average Bonchev–Trinajstić information content (AvgIpc) is 2.35. The SMILES string of the molecule is COC(C/C=C/c1ccc([N+](=O)[O-])cc1)OC. The monoisotopic (exact) mass is 237 g/mol. The highest BCUT2D eigenvalue weighted by atomic mass is 16.7. The zero-order valence-corrected chi connectivity index (χ0v) is 9.83. The largest absolute Gasteiger partial charge is 0.356 e. The van der Waals surface area contributed by atoms with E-state index in [0.717, 1.165) is 5.56 Å². The van der Waals surface area contributed by atoms with E-state index < -0.39 is 4.92 Å². The number of non-ortho nitro benzene ring substituents is 1. The van der Waals surface area contributed by atoms with Gasteiger partial charge in [-0.05, 0) is 17.7 Å². The van der Waals surface area contributed by atoms with Crippen molar-refractivity contribution in [2.45, 2.75) is 12.7 Å². The highest BCUT2D eigenvalue weighted by molar-refractivity contribution is 5.51. The first-order valence-electron chi connectivity index (χ1n) is 5.14. The van der Waals surface area contributed by atoms with Crippen molar-refractivity contribution < 1.29 is 14.4 Å². The Kier molecular flexibility index (Phi) is 5.32. The molecule has 0 unspecified atom stereocenters. The van der Waals surface area contributed by atoms with E-state index in [1.165, 1.54) is 12.1 Å². The predicted molar refractivity (Wildman–Crippen MR) is 64.6 cm³/mol. The fourth-order valence-electron chi connectivity index (χ4n) is 1.31. The quantitative estimate of drug-likeness (QED) is 0.433. The van der Waals surface area contributed by atoms with Gasteiger partial charge in [0.15, 0.2) is 6.29 Å². The van der Waals surface area contributed by atoms with Crippen LogP contribution in [-0.2, 0) is 9.47 Å². The van der Waals surface area contributed by atoms with Gasteiger partial charge in [-0.25, -0.2) is 0 Å². The van der Waals surface area contributed by atoms with Crippen LogP contribution >= 0.6 is 0 Å². The van der Waals surface area contributed by atoms with E-state index in [1.54, 1.807) is 26.4 Å². The third-order valence-electron chi connectivity index (χ3n) is 2.27. The van der Waals surface area contributed by atoms with Crippen LogP contribution in [0, 0.1) is 10.1 Å². The van der Waals surface area contributed by atoms with Crippen molar-refractivity contribution in [3.63, 3.8) is 0 Å². The summed E-state index contributed by atoms with van der Waals surface area (Å²) in [6, 6.07) is 6.35. The normalized spacial score (nSPS) is 11.2. The van der Waals surface area contributed by atoms with Crippen molar-refractivity contribution >= 4 is 11.8 Å². The van der Waals surface area contributed by atoms with E-state index in [4.69, 9.17) is 9.47 Å². The Morgan fingerprint density at radius 1 is 1.29 bits per heavy atom. The minimum atomic E-state index is -0.417. The highest BCUT2D eigenvalue weighted by Crippen LogP contribution is 2.13. The third kappa shape index (κ3) is 4.34. The Morgan fingerprint density at radius 2 is 1.88 bits per heavy atom. The molecule has 0 fully saturated rings. The molecule has 0 aliphatic carbocycles. The van der Waals surface area contributed by atoms with Crippen molar-refractivity contribution in [3.05, 3.63) is 46.0 Å². The van der Waals surface area contributed by atoms with Gasteiger partial charge in [-0.15, -0.1) is 0 Å². The average molecular weight is 237 g/mol. The molecule has 0 aliphatic heterocycles. The molecule has 0 heterocycles. The first-order valence-corrected chi connectivity index (χ1v) is 5.14. The van der Waals surface area contributed by atoms with Gasteiger partial charge in [0.1, 0.15) is 0 Å². The molecule has 0 aliphatic rings. The minimum absolute atomic E-state index is 0.0915. The van der Waals surface area contributed by atoms with Crippen molar-refractivity contribution in [1.29, 1.82) is 0 Å². The first-order chi connectivity index (χ1) is 8.17. The molecule has 0 radical (unpaired) electrons. The molecule has 1 aromatic carbocycles. The molecule has 92 valence electrons. The molecule has 1 rings (SSSR count). The van der Waals surface area contributed by atoms with Crippen LogP contribution in [0.3, 0.4) is 0 Å². The lowest BCUT2D eigenvalue weighted by atomic mass is 10.2. The van der Waals surface area contributed by atoms with Gasteiger partial charge in [-0.1, -0.05) is 12.2 Å². The molecule has 17 heavy (non-hydrogen) atoms. The molecule has 5 nitrogen and oxygen atoms in total. The Balaban J connectivity index is 2.57. The number of ether oxygens (including phenoxy) is 2. The molecule has 0 spiro atoms. The van der Waals surface area contributed by atoms with Gasteiger partial charge in [0.25, 0.3) is 5.69 Å². The summed E-state index contributed by atoms with van der Waals surface area (Å²) in [6.07, 6.45) is 4.14. The Bertz CT molecular complexity index is 382. The number of hydrogen-bond donors (Lipinski definition) is 0. The van der Waals surface area contributed by atoms with Crippen molar-refractivity contribution in [2.24, 2.45) is 0 Å². The molecule has 0 amide bonds. The number of nitrogens with zero attached hydrogens (tertiary/aromatic N) is 1. The number of nitro groups is 1. The second-order valence-electron chi connectivity index (χ2n) is 3.39. The van der Waals surface area contributed by atoms with Gasteiger partial charge in [0, 0.05) is 32.8 Å². The maximum atomic E-state index is 10.4. The summed E-state index contributed by atoms with van der Waals surface area (Å²) in [5, 5.41) is 10.4. The van der Waals surface area contributed by atoms with Gasteiger partial charge >= 0.3 is 0 Å².